The van der Waals surface area contributed by atoms with Crippen LogP contribution in [0.25, 0.3) is 11.1 Å². The Morgan fingerprint density at radius 3 is 2.45 bits per heavy atom. The highest BCUT2D eigenvalue weighted by atomic mass is 19.1. The summed E-state index contributed by atoms with van der Waals surface area (Å²) >= 11 is 0. The van der Waals surface area contributed by atoms with E-state index >= 15 is 0 Å². The second-order valence-corrected chi connectivity index (χ2v) is 4.98. The van der Waals surface area contributed by atoms with Gasteiger partial charge in [-0.1, -0.05) is 24.3 Å². The van der Waals surface area contributed by atoms with Crippen molar-refractivity contribution in [2.24, 2.45) is 5.73 Å². The third-order valence-electron chi connectivity index (χ3n) is 3.32. The number of nitrogens with one attached hydrogen (secondary N) is 1. The lowest BCUT2D eigenvalue weighted by molar-refractivity contribution is 0.194. The van der Waals surface area contributed by atoms with E-state index in [0.29, 0.717) is 11.1 Å². The van der Waals surface area contributed by atoms with Gasteiger partial charge in [0.15, 0.2) is 0 Å². The van der Waals surface area contributed by atoms with Gasteiger partial charge in [-0.2, -0.15) is 0 Å². The maximum absolute atomic E-state index is 14.0. The summed E-state index contributed by atoms with van der Waals surface area (Å²) in [4.78, 5) is 10.6. The van der Waals surface area contributed by atoms with Gasteiger partial charge in [0.1, 0.15) is 11.6 Å². The summed E-state index contributed by atoms with van der Waals surface area (Å²) in [5.41, 5.74) is 7.65. The molecule has 2 aromatic rings. The lowest BCUT2D eigenvalue weighted by Crippen LogP contribution is -2.21. The van der Waals surface area contributed by atoms with Crippen LogP contribution in [0.5, 0.6) is 0 Å². The zero-order valence-electron chi connectivity index (χ0n) is 11.9. The van der Waals surface area contributed by atoms with Gasteiger partial charge >= 0.3 is 6.09 Å². The van der Waals surface area contributed by atoms with Gasteiger partial charge in [0.2, 0.25) is 0 Å². The third kappa shape index (κ3) is 3.59. The monoisotopic (exact) mass is 306 g/mol. The molecular weight excluding hydrogens is 290 g/mol. The van der Waals surface area contributed by atoms with Gasteiger partial charge < -0.3 is 16.2 Å². The molecule has 0 spiro atoms. The molecule has 0 radical (unpaired) electrons. The Kier molecular flexibility index (Phi) is 4.72. The van der Waals surface area contributed by atoms with Crippen LogP contribution in [0.1, 0.15) is 24.1 Å². The smallest absolute Gasteiger partial charge is 0.404 e. The number of hydrogen-bond donors (Lipinski definition) is 3. The van der Waals surface area contributed by atoms with E-state index in [1.54, 1.807) is 24.3 Å². The van der Waals surface area contributed by atoms with E-state index in [9.17, 15) is 13.6 Å². The third-order valence-corrected chi connectivity index (χ3v) is 3.32. The Morgan fingerprint density at radius 2 is 1.91 bits per heavy atom. The number of carbonyl (C=O) groups is 1. The number of halogens is 2. The van der Waals surface area contributed by atoms with Gasteiger partial charge in [0, 0.05) is 24.2 Å². The Labute approximate surface area is 126 Å². The minimum absolute atomic E-state index is 0.0948. The van der Waals surface area contributed by atoms with Gasteiger partial charge in [-0.3, -0.25) is 0 Å². The molecule has 6 heteroatoms. The predicted octanol–water partition coefficient (Wildman–Crippen LogP) is 3.42. The Balaban J connectivity index is 2.45. The largest absolute Gasteiger partial charge is 0.465 e. The molecule has 0 heterocycles. The first-order chi connectivity index (χ1) is 10.4. The average molecular weight is 306 g/mol. The van der Waals surface area contributed by atoms with Crippen molar-refractivity contribution in [2.45, 2.75) is 19.5 Å². The quantitative estimate of drug-likeness (QED) is 0.810. The molecule has 116 valence electrons. The maximum Gasteiger partial charge on any atom is 0.404 e. The summed E-state index contributed by atoms with van der Waals surface area (Å²) in [6.07, 6.45) is -1.28. The van der Waals surface area contributed by atoms with E-state index in [-0.39, 0.29) is 18.2 Å². The van der Waals surface area contributed by atoms with Crippen molar-refractivity contribution >= 4 is 6.09 Å². The van der Waals surface area contributed by atoms with Crippen LogP contribution in [0.15, 0.2) is 36.4 Å². The van der Waals surface area contributed by atoms with E-state index in [0.717, 1.165) is 11.6 Å². The van der Waals surface area contributed by atoms with Crippen molar-refractivity contribution in [1.29, 1.82) is 0 Å². The second kappa shape index (κ2) is 6.53. The Hall–Kier alpha value is -2.47. The second-order valence-electron chi connectivity index (χ2n) is 4.98. The van der Waals surface area contributed by atoms with Crippen LogP contribution in [0.4, 0.5) is 13.6 Å². The van der Waals surface area contributed by atoms with Crippen molar-refractivity contribution in [3.63, 3.8) is 0 Å². The summed E-state index contributed by atoms with van der Waals surface area (Å²) in [7, 11) is 0. The summed E-state index contributed by atoms with van der Waals surface area (Å²) in [6.45, 7) is 1.59. The summed E-state index contributed by atoms with van der Waals surface area (Å²) in [5, 5.41) is 10.8. The van der Waals surface area contributed by atoms with Gasteiger partial charge in [-0.15, -0.1) is 0 Å². The predicted molar refractivity (Wildman–Crippen MR) is 79.3 cm³/mol. The molecule has 0 aliphatic heterocycles. The molecular formula is C16H16F2N2O2. The maximum atomic E-state index is 14.0. The van der Waals surface area contributed by atoms with E-state index in [1.165, 1.54) is 6.07 Å². The molecule has 0 saturated carbocycles. The fraction of sp³-hybridized carbons (Fsp3) is 0.188. The topological polar surface area (TPSA) is 75.3 Å². The molecule has 0 aromatic heterocycles. The minimum atomic E-state index is -1.28. The van der Waals surface area contributed by atoms with Crippen LogP contribution in [0.2, 0.25) is 0 Å². The van der Waals surface area contributed by atoms with E-state index in [1.807, 2.05) is 6.92 Å². The number of nitrogens with two attached hydrogens (primary N) is 1. The number of amides is 1. The molecule has 4 N–H and O–H groups in total. The first kappa shape index (κ1) is 15.9. The van der Waals surface area contributed by atoms with Crippen molar-refractivity contribution < 1.29 is 18.7 Å². The fourth-order valence-electron chi connectivity index (χ4n) is 2.17. The summed E-state index contributed by atoms with van der Waals surface area (Å²) in [6, 6.07) is 8.73. The van der Waals surface area contributed by atoms with E-state index in [4.69, 9.17) is 10.8 Å². The highest BCUT2D eigenvalue weighted by molar-refractivity contribution is 5.70. The lowest BCUT2D eigenvalue weighted by Gasteiger charge is -2.13. The molecule has 22 heavy (non-hydrogen) atoms. The van der Waals surface area contributed by atoms with Gasteiger partial charge in [0.25, 0.3) is 0 Å². The fourth-order valence-corrected chi connectivity index (χ4v) is 2.17. The molecule has 2 rings (SSSR count). The zero-order chi connectivity index (χ0) is 16.3. The normalized spacial score (nSPS) is 12.0. The van der Waals surface area contributed by atoms with Crippen LogP contribution in [-0.4, -0.2) is 11.2 Å². The molecule has 0 fully saturated rings. The molecule has 0 saturated heterocycles. The molecule has 0 bridgehead atoms. The molecule has 2 aromatic carbocycles. The van der Waals surface area contributed by atoms with Crippen LogP contribution in [0, 0.1) is 11.6 Å². The first-order valence-electron chi connectivity index (χ1n) is 6.69. The molecule has 0 aliphatic carbocycles. The minimum Gasteiger partial charge on any atom is -0.465 e. The zero-order valence-corrected chi connectivity index (χ0v) is 11.9. The van der Waals surface area contributed by atoms with Crippen LogP contribution < -0.4 is 11.1 Å². The number of benzene rings is 2. The standard InChI is InChI=1S/C16H16F2N2O2/c1-9(19)10-2-4-11(5-3-10)13-6-12(17)7-15(18)14(13)8-20-16(21)22/h2-7,9,20H,8,19H2,1H3,(H,21,22)/t9-/m1/s1. The van der Waals surface area contributed by atoms with E-state index in [2.05, 4.69) is 5.32 Å². The van der Waals surface area contributed by atoms with E-state index < -0.39 is 17.7 Å². The average Bonchev–Trinajstić information content (AvgIpc) is 2.45. The molecule has 1 amide bonds. The van der Waals surface area contributed by atoms with Gasteiger partial charge in [-0.25, -0.2) is 13.6 Å². The molecule has 1 atom stereocenters. The van der Waals surface area contributed by atoms with Crippen LogP contribution >= 0.6 is 0 Å². The van der Waals surface area contributed by atoms with Crippen LogP contribution in [-0.2, 0) is 6.54 Å². The van der Waals surface area contributed by atoms with Crippen molar-refractivity contribution in [3.8, 4) is 11.1 Å². The highest BCUT2D eigenvalue weighted by Crippen LogP contribution is 2.28. The number of carboxylic acid groups (broad SMARTS) is 1. The Bertz CT molecular complexity index is 685. The molecule has 0 unspecified atom stereocenters. The van der Waals surface area contributed by atoms with Crippen LogP contribution in [0.3, 0.4) is 0 Å². The SMILES string of the molecule is C[C@@H](N)c1ccc(-c2cc(F)cc(F)c2CNC(=O)O)cc1. The van der Waals surface area contributed by atoms with Crippen molar-refractivity contribution in [1.82, 2.24) is 5.32 Å². The number of hydrogen-bond acceptors (Lipinski definition) is 2. The Morgan fingerprint density at radius 1 is 1.27 bits per heavy atom. The lowest BCUT2D eigenvalue weighted by atomic mass is 9.97. The van der Waals surface area contributed by atoms with Gasteiger partial charge in [-0.05, 0) is 29.7 Å². The molecule has 0 aliphatic rings. The summed E-state index contributed by atoms with van der Waals surface area (Å²) in [5.74, 6) is -1.51. The van der Waals surface area contributed by atoms with Gasteiger partial charge in [0.05, 0.1) is 0 Å². The summed E-state index contributed by atoms with van der Waals surface area (Å²) < 4.78 is 27.5. The number of rotatable bonds is 4. The van der Waals surface area contributed by atoms with Crippen molar-refractivity contribution in [2.75, 3.05) is 0 Å². The molecule has 4 nitrogen and oxygen atoms in total. The highest BCUT2D eigenvalue weighted by Gasteiger charge is 2.14. The first-order valence-corrected chi connectivity index (χ1v) is 6.69. The van der Waals surface area contributed by atoms with Crippen molar-refractivity contribution in [3.05, 3.63) is 59.2 Å².